The van der Waals surface area contributed by atoms with Crippen LogP contribution in [-0.4, -0.2) is 17.3 Å². The van der Waals surface area contributed by atoms with Gasteiger partial charge in [0.1, 0.15) is 12.4 Å². The lowest BCUT2D eigenvalue weighted by molar-refractivity contribution is -0.113. The molecular formula is C25H20FNO3S2. The second-order valence-corrected chi connectivity index (χ2v) is 8.77. The first kappa shape index (κ1) is 22.0. The van der Waals surface area contributed by atoms with E-state index in [1.807, 2.05) is 37.3 Å². The maximum absolute atomic E-state index is 13.9. The number of methoxy groups -OCH3 is 1. The minimum absolute atomic E-state index is 0.0574. The van der Waals surface area contributed by atoms with E-state index in [2.05, 4.69) is 0 Å². The second kappa shape index (κ2) is 9.54. The smallest absolute Gasteiger partial charge is 0.270 e. The molecule has 3 aromatic rings. The number of hydrogen-bond donors (Lipinski definition) is 0. The van der Waals surface area contributed by atoms with Gasteiger partial charge >= 0.3 is 0 Å². The summed E-state index contributed by atoms with van der Waals surface area (Å²) in [5.41, 5.74) is 2.94. The monoisotopic (exact) mass is 465 g/mol. The van der Waals surface area contributed by atoms with Gasteiger partial charge in [0.15, 0.2) is 15.8 Å². The normalized spacial score (nSPS) is 14.8. The van der Waals surface area contributed by atoms with Crippen molar-refractivity contribution in [2.24, 2.45) is 0 Å². The van der Waals surface area contributed by atoms with E-state index in [0.717, 1.165) is 16.8 Å². The highest BCUT2D eigenvalue weighted by Crippen LogP contribution is 2.38. The molecule has 0 N–H and O–H groups in total. The zero-order valence-electron chi connectivity index (χ0n) is 17.5. The number of aryl methyl sites for hydroxylation is 1. The van der Waals surface area contributed by atoms with E-state index in [1.54, 1.807) is 41.3 Å². The van der Waals surface area contributed by atoms with Gasteiger partial charge in [-0.3, -0.25) is 9.69 Å². The van der Waals surface area contributed by atoms with Gasteiger partial charge in [-0.05, 0) is 48.4 Å². The summed E-state index contributed by atoms with van der Waals surface area (Å²) in [6.45, 7) is 2.00. The van der Waals surface area contributed by atoms with E-state index in [9.17, 15) is 9.18 Å². The van der Waals surface area contributed by atoms with Crippen LogP contribution in [0, 0.1) is 12.7 Å². The molecule has 0 unspecified atom stereocenters. The molecule has 4 rings (SSSR count). The zero-order chi connectivity index (χ0) is 22.7. The van der Waals surface area contributed by atoms with Crippen LogP contribution in [-0.2, 0) is 11.4 Å². The van der Waals surface area contributed by atoms with Gasteiger partial charge in [0.25, 0.3) is 5.91 Å². The number of rotatable bonds is 6. The Kier molecular flexibility index (Phi) is 6.58. The van der Waals surface area contributed by atoms with Gasteiger partial charge < -0.3 is 9.47 Å². The minimum atomic E-state index is -0.331. The van der Waals surface area contributed by atoms with E-state index in [1.165, 1.54) is 24.9 Å². The summed E-state index contributed by atoms with van der Waals surface area (Å²) in [7, 11) is 1.54. The molecular weight excluding hydrogens is 445 g/mol. The van der Waals surface area contributed by atoms with Crippen LogP contribution >= 0.6 is 24.0 Å². The molecule has 1 aliphatic rings. The van der Waals surface area contributed by atoms with E-state index < -0.39 is 0 Å². The summed E-state index contributed by atoms with van der Waals surface area (Å²) in [5.74, 6) is 0.478. The van der Waals surface area contributed by atoms with Crippen LogP contribution < -0.4 is 14.4 Å². The van der Waals surface area contributed by atoms with Gasteiger partial charge in [-0.15, -0.1) is 0 Å². The third-order valence-electron chi connectivity index (χ3n) is 4.98. The first-order valence-corrected chi connectivity index (χ1v) is 11.1. The number of carbonyl (C=O) groups excluding carboxylic acids is 1. The van der Waals surface area contributed by atoms with Gasteiger partial charge in [0.2, 0.25) is 0 Å². The van der Waals surface area contributed by atoms with Crippen LogP contribution in [0.2, 0.25) is 0 Å². The highest BCUT2D eigenvalue weighted by atomic mass is 32.2. The molecule has 0 bridgehead atoms. The molecule has 1 aliphatic heterocycles. The zero-order valence-corrected chi connectivity index (χ0v) is 19.1. The summed E-state index contributed by atoms with van der Waals surface area (Å²) in [6.07, 6.45) is 1.77. The molecule has 1 amide bonds. The molecule has 4 nitrogen and oxygen atoms in total. The number of para-hydroxylation sites is 1. The second-order valence-electron chi connectivity index (χ2n) is 7.09. The number of hydrogen-bond acceptors (Lipinski definition) is 5. The van der Waals surface area contributed by atoms with Gasteiger partial charge in [-0.25, -0.2) is 4.39 Å². The maximum atomic E-state index is 13.9. The van der Waals surface area contributed by atoms with Gasteiger partial charge in [0, 0.05) is 5.56 Å². The fraction of sp³-hybridized carbons (Fsp3) is 0.120. The van der Waals surface area contributed by atoms with Crippen LogP contribution in [0.1, 0.15) is 16.7 Å². The van der Waals surface area contributed by atoms with Crippen LogP contribution in [0.3, 0.4) is 0 Å². The Morgan fingerprint density at radius 2 is 1.81 bits per heavy atom. The highest BCUT2D eigenvalue weighted by molar-refractivity contribution is 8.27. The molecule has 0 radical (unpaired) electrons. The number of benzene rings is 3. The van der Waals surface area contributed by atoms with Gasteiger partial charge in [-0.2, -0.15) is 0 Å². The molecule has 0 atom stereocenters. The minimum Gasteiger partial charge on any atom is -0.493 e. The van der Waals surface area contributed by atoms with Gasteiger partial charge in [-0.1, -0.05) is 66.4 Å². The van der Waals surface area contributed by atoms with Crippen LogP contribution in [0.15, 0.2) is 71.6 Å². The van der Waals surface area contributed by atoms with E-state index >= 15 is 0 Å². The van der Waals surface area contributed by atoms with Crippen molar-refractivity contribution >= 4 is 46.0 Å². The summed E-state index contributed by atoms with van der Waals surface area (Å²) < 4.78 is 25.6. The molecule has 0 aliphatic carbocycles. The number of nitrogens with zero attached hydrogens (tertiary/aromatic N) is 1. The summed E-state index contributed by atoms with van der Waals surface area (Å²) >= 11 is 6.73. The van der Waals surface area contributed by atoms with Crippen molar-refractivity contribution in [2.45, 2.75) is 13.5 Å². The Hall–Kier alpha value is -3.16. The Bertz CT molecular complexity index is 1230. The molecule has 7 heteroatoms. The lowest BCUT2D eigenvalue weighted by Crippen LogP contribution is -2.28. The summed E-state index contributed by atoms with van der Waals surface area (Å²) in [5, 5.41) is 0. The van der Waals surface area contributed by atoms with Crippen LogP contribution in [0.5, 0.6) is 11.5 Å². The van der Waals surface area contributed by atoms with Crippen molar-refractivity contribution < 1.29 is 18.7 Å². The molecule has 0 aromatic heterocycles. The Morgan fingerprint density at radius 3 is 2.56 bits per heavy atom. The van der Waals surface area contributed by atoms with E-state index in [0.29, 0.717) is 26.3 Å². The molecule has 1 fully saturated rings. The predicted molar refractivity (Wildman–Crippen MR) is 131 cm³/mol. The number of amides is 1. The van der Waals surface area contributed by atoms with Crippen LogP contribution in [0.25, 0.3) is 6.08 Å². The van der Waals surface area contributed by atoms with Crippen molar-refractivity contribution in [1.29, 1.82) is 0 Å². The Balaban J connectivity index is 1.59. The van der Waals surface area contributed by atoms with Crippen LogP contribution in [0.4, 0.5) is 10.1 Å². The topological polar surface area (TPSA) is 38.8 Å². The lowest BCUT2D eigenvalue weighted by atomic mass is 10.1. The first-order chi connectivity index (χ1) is 15.5. The Labute approximate surface area is 195 Å². The van der Waals surface area contributed by atoms with E-state index in [-0.39, 0.29) is 18.3 Å². The number of ether oxygens (including phenoxy) is 2. The average Bonchev–Trinajstić information content (AvgIpc) is 3.06. The fourth-order valence-electron chi connectivity index (χ4n) is 3.31. The predicted octanol–water partition coefficient (Wildman–Crippen LogP) is 6.13. The molecule has 32 heavy (non-hydrogen) atoms. The molecule has 162 valence electrons. The van der Waals surface area contributed by atoms with E-state index in [4.69, 9.17) is 21.7 Å². The molecule has 1 saturated heterocycles. The number of thiocarbonyl (C=S) groups is 1. The third kappa shape index (κ3) is 4.54. The number of anilines is 1. The van der Waals surface area contributed by atoms with Crippen molar-refractivity contribution in [3.63, 3.8) is 0 Å². The number of thioether (sulfide) groups is 1. The quantitative estimate of drug-likeness (QED) is 0.324. The average molecular weight is 466 g/mol. The van der Waals surface area contributed by atoms with Crippen molar-refractivity contribution in [2.75, 3.05) is 12.0 Å². The number of halogens is 1. The van der Waals surface area contributed by atoms with Crippen molar-refractivity contribution in [1.82, 2.24) is 0 Å². The highest BCUT2D eigenvalue weighted by Gasteiger charge is 2.34. The van der Waals surface area contributed by atoms with Gasteiger partial charge in [0.05, 0.1) is 17.7 Å². The maximum Gasteiger partial charge on any atom is 0.270 e. The molecule has 0 saturated carbocycles. The molecule has 3 aromatic carbocycles. The lowest BCUT2D eigenvalue weighted by Gasteiger charge is -2.16. The largest absolute Gasteiger partial charge is 0.493 e. The van der Waals surface area contributed by atoms with Crippen molar-refractivity contribution in [3.8, 4) is 11.5 Å². The number of carbonyl (C=O) groups is 1. The third-order valence-corrected chi connectivity index (χ3v) is 6.28. The summed E-state index contributed by atoms with van der Waals surface area (Å²) in [6, 6.07) is 19.4. The summed E-state index contributed by atoms with van der Waals surface area (Å²) in [4.78, 5) is 15.2. The first-order valence-electron chi connectivity index (χ1n) is 9.86. The molecule has 1 heterocycles. The fourth-order valence-corrected chi connectivity index (χ4v) is 4.59. The van der Waals surface area contributed by atoms with Crippen molar-refractivity contribution in [3.05, 3.63) is 94.1 Å². The SMILES string of the molecule is COc1ccc(/C=C2/SC(=S)N(c3ccccc3C)C2=O)cc1OCc1ccccc1F. The standard InChI is InChI=1S/C25H20FNO3S2/c1-16-7-3-6-10-20(16)27-24(28)23(32-25(27)31)14-17-11-12-21(29-2)22(13-17)30-15-18-8-4-5-9-19(18)26/h3-14H,15H2,1-2H3/b23-14+. The Morgan fingerprint density at radius 1 is 1.06 bits per heavy atom. The molecule has 0 spiro atoms.